The maximum absolute atomic E-state index is 11.8. The van der Waals surface area contributed by atoms with Gasteiger partial charge in [-0.05, 0) is 40.2 Å². The first kappa shape index (κ1) is 13.1. The zero-order valence-corrected chi connectivity index (χ0v) is 12.5. The van der Waals surface area contributed by atoms with Gasteiger partial charge in [0.15, 0.2) is 5.78 Å². The molecule has 0 aliphatic heterocycles. The number of Topliss-reactive ketones (excluding diaryl/α,β-unsaturated/α-hetero) is 1. The molecule has 2 aromatic rings. The van der Waals surface area contributed by atoms with Crippen molar-refractivity contribution in [3.63, 3.8) is 0 Å². The molecule has 0 saturated heterocycles. The molecule has 2 nitrogen and oxygen atoms in total. The number of halogens is 2. The van der Waals surface area contributed by atoms with Crippen LogP contribution in [0.2, 0.25) is 4.34 Å². The minimum Gasteiger partial charge on any atom is -0.292 e. The van der Waals surface area contributed by atoms with E-state index >= 15 is 0 Å². The molecule has 0 amide bonds. The second-order valence-electron chi connectivity index (χ2n) is 3.11. The van der Waals surface area contributed by atoms with Crippen LogP contribution >= 0.6 is 50.6 Å². The molecule has 0 unspecified atom stereocenters. The van der Waals surface area contributed by atoms with E-state index in [2.05, 4.69) is 20.9 Å². The van der Waals surface area contributed by atoms with Gasteiger partial charge in [-0.25, -0.2) is 4.98 Å². The number of thiophene rings is 1. The Morgan fingerprint density at radius 1 is 1.47 bits per heavy atom. The summed E-state index contributed by atoms with van der Waals surface area (Å²) in [5, 5.41) is 0.823. The van der Waals surface area contributed by atoms with Gasteiger partial charge in [0.05, 0.1) is 15.0 Å². The quantitative estimate of drug-likeness (QED) is 0.600. The highest BCUT2D eigenvalue weighted by atomic mass is 79.9. The summed E-state index contributed by atoms with van der Waals surface area (Å²) in [4.78, 5) is 16.7. The summed E-state index contributed by atoms with van der Waals surface area (Å²) in [6.45, 7) is 0. The highest BCUT2D eigenvalue weighted by Crippen LogP contribution is 2.27. The molecule has 2 heterocycles. The van der Waals surface area contributed by atoms with Crippen LogP contribution in [0.4, 0.5) is 0 Å². The molecule has 2 rings (SSSR count). The van der Waals surface area contributed by atoms with Crippen molar-refractivity contribution < 1.29 is 4.79 Å². The highest BCUT2D eigenvalue weighted by Gasteiger charge is 2.10. The van der Waals surface area contributed by atoms with Gasteiger partial charge >= 0.3 is 0 Å². The molecular weight excluding hydrogens is 342 g/mol. The summed E-state index contributed by atoms with van der Waals surface area (Å²) in [5.41, 5.74) is 0. The van der Waals surface area contributed by atoms with E-state index in [0.29, 0.717) is 15.0 Å². The molecule has 0 bridgehead atoms. The molecule has 6 heteroatoms. The number of aromatic nitrogens is 1. The van der Waals surface area contributed by atoms with Crippen LogP contribution in [0.5, 0.6) is 0 Å². The van der Waals surface area contributed by atoms with Crippen molar-refractivity contribution in [2.75, 3.05) is 5.75 Å². The number of carbonyl (C=O) groups excluding carboxylic acids is 1. The first-order valence-corrected chi connectivity index (χ1v) is 7.66. The third kappa shape index (κ3) is 3.55. The van der Waals surface area contributed by atoms with Gasteiger partial charge in [0.2, 0.25) is 0 Å². The van der Waals surface area contributed by atoms with Gasteiger partial charge in [-0.2, -0.15) is 0 Å². The van der Waals surface area contributed by atoms with Crippen molar-refractivity contribution in [3.8, 4) is 0 Å². The zero-order valence-electron chi connectivity index (χ0n) is 8.52. The van der Waals surface area contributed by atoms with E-state index in [1.54, 1.807) is 18.3 Å². The van der Waals surface area contributed by atoms with Crippen LogP contribution in [0.25, 0.3) is 0 Å². The van der Waals surface area contributed by atoms with Crippen molar-refractivity contribution in [2.24, 2.45) is 0 Å². The Balaban J connectivity index is 1.99. The van der Waals surface area contributed by atoms with E-state index < -0.39 is 0 Å². The van der Waals surface area contributed by atoms with Gasteiger partial charge in [0.1, 0.15) is 5.03 Å². The van der Waals surface area contributed by atoms with Gasteiger partial charge in [0, 0.05) is 10.7 Å². The third-order valence-corrected chi connectivity index (χ3v) is 5.09. The van der Waals surface area contributed by atoms with Crippen LogP contribution in [-0.2, 0) is 0 Å². The molecule has 17 heavy (non-hydrogen) atoms. The molecule has 0 radical (unpaired) electrons. The zero-order chi connectivity index (χ0) is 12.3. The molecule has 2 aromatic heterocycles. The molecule has 0 aliphatic rings. The van der Waals surface area contributed by atoms with E-state index in [0.717, 1.165) is 9.50 Å². The summed E-state index contributed by atoms with van der Waals surface area (Å²) in [5.74, 6) is 0.441. The van der Waals surface area contributed by atoms with Crippen molar-refractivity contribution >= 4 is 56.4 Å². The number of hydrogen-bond acceptors (Lipinski definition) is 4. The number of pyridine rings is 1. The largest absolute Gasteiger partial charge is 0.292 e. The SMILES string of the molecule is O=C(CSc1ncccc1Br)c1ccc(Cl)s1. The molecule has 0 aromatic carbocycles. The Labute approximate surface area is 121 Å². The lowest BCUT2D eigenvalue weighted by Gasteiger charge is -2.01. The maximum atomic E-state index is 11.8. The maximum Gasteiger partial charge on any atom is 0.183 e. The Morgan fingerprint density at radius 3 is 2.94 bits per heavy atom. The first-order chi connectivity index (χ1) is 8.16. The first-order valence-electron chi connectivity index (χ1n) is 4.68. The fraction of sp³-hybridized carbons (Fsp3) is 0.0909. The predicted molar refractivity (Wildman–Crippen MR) is 76.3 cm³/mol. The monoisotopic (exact) mass is 347 g/mol. The lowest BCUT2D eigenvalue weighted by atomic mass is 10.4. The molecule has 88 valence electrons. The van der Waals surface area contributed by atoms with E-state index in [1.807, 2.05) is 12.1 Å². The molecule has 0 saturated carbocycles. The van der Waals surface area contributed by atoms with Crippen LogP contribution in [-0.4, -0.2) is 16.5 Å². The highest BCUT2D eigenvalue weighted by molar-refractivity contribution is 9.10. The van der Waals surface area contributed by atoms with Gasteiger partial charge in [-0.15, -0.1) is 11.3 Å². The van der Waals surface area contributed by atoms with Gasteiger partial charge in [-0.1, -0.05) is 23.4 Å². The normalized spacial score (nSPS) is 10.5. The molecule has 0 N–H and O–H groups in total. The fourth-order valence-corrected chi connectivity index (χ4v) is 3.58. The fourth-order valence-electron chi connectivity index (χ4n) is 1.15. The summed E-state index contributed by atoms with van der Waals surface area (Å²) < 4.78 is 1.54. The van der Waals surface area contributed by atoms with Crippen LogP contribution < -0.4 is 0 Å². The summed E-state index contributed by atoms with van der Waals surface area (Å²) >= 11 is 11.9. The predicted octanol–water partition coefficient (Wildman–Crippen LogP) is 4.53. The van der Waals surface area contributed by atoms with E-state index in [4.69, 9.17) is 11.6 Å². The Bertz CT molecular complexity index is 544. The van der Waals surface area contributed by atoms with Gasteiger partial charge in [0.25, 0.3) is 0 Å². The second-order valence-corrected chi connectivity index (χ2v) is 6.64. The molecule has 0 fully saturated rings. The van der Waals surface area contributed by atoms with Crippen LogP contribution in [0.1, 0.15) is 9.67 Å². The summed E-state index contributed by atoms with van der Waals surface area (Å²) in [7, 11) is 0. The van der Waals surface area contributed by atoms with E-state index in [1.165, 1.54) is 23.1 Å². The number of nitrogens with zero attached hydrogens (tertiary/aromatic N) is 1. The van der Waals surface area contributed by atoms with Crippen molar-refractivity contribution in [2.45, 2.75) is 5.03 Å². The number of carbonyl (C=O) groups is 1. The third-order valence-electron chi connectivity index (χ3n) is 1.91. The lowest BCUT2D eigenvalue weighted by molar-refractivity contribution is 0.102. The minimum atomic E-state index is 0.0736. The average molecular weight is 349 g/mol. The minimum absolute atomic E-state index is 0.0736. The average Bonchev–Trinajstić information content (AvgIpc) is 2.74. The lowest BCUT2D eigenvalue weighted by Crippen LogP contribution is -1.99. The molecule has 0 spiro atoms. The Morgan fingerprint density at radius 2 is 2.29 bits per heavy atom. The molecule has 0 aliphatic carbocycles. The van der Waals surface area contributed by atoms with Crippen molar-refractivity contribution in [3.05, 3.63) is 44.1 Å². The van der Waals surface area contributed by atoms with Crippen LogP contribution in [0, 0.1) is 0 Å². The second kappa shape index (κ2) is 6.00. The van der Waals surface area contributed by atoms with E-state index in [9.17, 15) is 4.79 Å². The Kier molecular flexibility index (Phi) is 4.62. The van der Waals surface area contributed by atoms with Crippen molar-refractivity contribution in [1.82, 2.24) is 4.98 Å². The van der Waals surface area contributed by atoms with E-state index in [-0.39, 0.29) is 5.78 Å². The van der Waals surface area contributed by atoms with Gasteiger partial charge < -0.3 is 0 Å². The number of hydrogen-bond donors (Lipinski definition) is 0. The summed E-state index contributed by atoms with van der Waals surface area (Å²) in [6.07, 6.45) is 1.71. The number of ketones is 1. The summed E-state index contributed by atoms with van der Waals surface area (Å²) in [6, 6.07) is 7.24. The van der Waals surface area contributed by atoms with Crippen molar-refractivity contribution in [1.29, 1.82) is 0 Å². The topological polar surface area (TPSA) is 30.0 Å². The van der Waals surface area contributed by atoms with Gasteiger partial charge in [-0.3, -0.25) is 4.79 Å². The number of thioether (sulfide) groups is 1. The smallest absolute Gasteiger partial charge is 0.183 e. The molecule has 0 atom stereocenters. The molecular formula is C11H7BrClNOS2. The Hall–Kier alpha value is -0.360. The number of rotatable bonds is 4. The van der Waals surface area contributed by atoms with Crippen LogP contribution in [0.15, 0.2) is 40.0 Å². The van der Waals surface area contributed by atoms with Crippen LogP contribution in [0.3, 0.4) is 0 Å². The standard InChI is InChI=1S/C11H7BrClNOS2/c12-7-2-1-5-14-11(7)16-6-8(15)9-3-4-10(13)17-9/h1-5H,6H2.